The van der Waals surface area contributed by atoms with Gasteiger partial charge in [0.2, 0.25) is 5.82 Å². The summed E-state index contributed by atoms with van der Waals surface area (Å²) >= 11 is 0. The number of methoxy groups -OCH3 is 2. The Morgan fingerprint density at radius 1 is 0.972 bits per heavy atom. The second-order valence-electron chi connectivity index (χ2n) is 7.81. The lowest BCUT2D eigenvalue weighted by molar-refractivity contribution is 0.326. The monoisotopic (exact) mass is 481 g/mol. The van der Waals surface area contributed by atoms with E-state index >= 15 is 0 Å². The molecule has 0 bridgehead atoms. The zero-order chi connectivity index (χ0) is 25.1. The molecule has 0 spiro atoms. The van der Waals surface area contributed by atoms with Gasteiger partial charge in [-0.3, -0.25) is 4.79 Å². The highest BCUT2D eigenvalue weighted by atomic mass is 16.5. The van der Waals surface area contributed by atoms with Crippen molar-refractivity contribution in [3.8, 4) is 28.8 Å². The molecular formula is C28H23N3O5. The molecule has 0 fully saturated rings. The van der Waals surface area contributed by atoms with Crippen LogP contribution in [0.1, 0.15) is 5.56 Å². The molecule has 0 amide bonds. The van der Waals surface area contributed by atoms with Crippen molar-refractivity contribution in [1.29, 1.82) is 0 Å². The highest BCUT2D eigenvalue weighted by Gasteiger charge is 2.18. The molecule has 0 aliphatic carbocycles. The van der Waals surface area contributed by atoms with Crippen LogP contribution in [0, 0.1) is 0 Å². The van der Waals surface area contributed by atoms with Crippen LogP contribution in [0.3, 0.4) is 0 Å². The van der Waals surface area contributed by atoms with Gasteiger partial charge in [0.25, 0.3) is 5.56 Å². The molecule has 2 aromatic heterocycles. The second-order valence-corrected chi connectivity index (χ2v) is 7.81. The molecule has 0 saturated carbocycles. The number of furan rings is 1. The van der Waals surface area contributed by atoms with Crippen molar-refractivity contribution in [3.63, 3.8) is 0 Å². The molecule has 0 radical (unpaired) electrons. The Labute approximate surface area is 206 Å². The third-order valence-corrected chi connectivity index (χ3v) is 5.58. The summed E-state index contributed by atoms with van der Waals surface area (Å²) in [6.45, 7) is 4.01. The molecule has 2 heterocycles. The number of nitrogens with zero attached hydrogens (tertiary/aromatic N) is 3. The fourth-order valence-corrected chi connectivity index (χ4v) is 3.87. The Kier molecular flexibility index (Phi) is 6.23. The summed E-state index contributed by atoms with van der Waals surface area (Å²) in [7, 11) is 3.15. The zero-order valence-corrected chi connectivity index (χ0v) is 19.8. The summed E-state index contributed by atoms with van der Waals surface area (Å²) in [5.41, 5.74) is 1.54. The minimum Gasteiger partial charge on any atom is -0.496 e. The normalized spacial score (nSPS) is 11.3. The topological polar surface area (TPSA) is 88.1 Å². The minimum atomic E-state index is -0.322. The lowest BCUT2D eigenvalue weighted by Gasteiger charge is -2.10. The summed E-state index contributed by atoms with van der Waals surface area (Å²) in [5.74, 6) is 2.43. The van der Waals surface area contributed by atoms with E-state index in [9.17, 15) is 4.79 Å². The molecule has 0 atom stereocenters. The maximum Gasteiger partial charge on any atom is 0.282 e. The Bertz CT molecular complexity index is 1670. The van der Waals surface area contributed by atoms with Crippen molar-refractivity contribution in [2.24, 2.45) is 5.10 Å². The molecule has 0 aliphatic rings. The van der Waals surface area contributed by atoms with E-state index in [0.717, 1.165) is 5.39 Å². The van der Waals surface area contributed by atoms with E-state index in [1.54, 1.807) is 62.9 Å². The number of hydrogen-bond acceptors (Lipinski definition) is 7. The Balaban J connectivity index is 1.65. The average Bonchev–Trinajstić information content (AvgIpc) is 3.36. The van der Waals surface area contributed by atoms with E-state index in [0.29, 0.717) is 51.7 Å². The van der Waals surface area contributed by atoms with Gasteiger partial charge in [-0.15, -0.1) is 0 Å². The number of rotatable bonds is 8. The molecule has 0 N–H and O–H groups in total. The minimum absolute atomic E-state index is 0.270. The maximum absolute atomic E-state index is 13.5. The average molecular weight is 482 g/mol. The molecule has 0 unspecified atom stereocenters. The van der Waals surface area contributed by atoms with E-state index in [4.69, 9.17) is 23.6 Å². The van der Waals surface area contributed by atoms with Gasteiger partial charge in [-0.1, -0.05) is 30.9 Å². The van der Waals surface area contributed by atoms with Crippen LogP contribution in [0.5, 0.6) is 17.2 Å². The van der Waals surface area contributed by atoms with Crippen LogP contribution in [0.15, 0.2) is 93.7 Å². The molecule has 5 rings (SSSR count). The summed E-state index contributed by atoms with van der Waals surface area (Å²) in [6, 6.07) is 19.8. The van der Waals surface area contributed by atoms with Crippen molar-refractivity contribution in [3.05, 3.63) is 95.3 Å². The predicted octanol–water partition coefficient (Wildman–Crippen LogP) is 5.27. The molecule has 3 aromatic carbocycles. The molecule has 0 saturated heterocycles. The number of fused-ring (bicyclic) bond motifs is 2. The first-order valence-electron chi connectivity index (χ1n) is 11.2. The Morgan fingerprint density at radius 3 is 2.61 bits per heavy atom. The van der Waals surface area contributed by atoms with Gasteiger partial charge in [0.1, 0.15) is 17.9 Å². The predicted molar refractivity (Wildman–Crippen MR) is 139 cm³/mol. The fraction of sp³-hybridized carbons (Fsp3) is 0.107. The van der Waals surface area contributed by atoms with Crippen LogP contribution >= 0.6 is 0 Å². The van der Waals surface area contributed by atoms with Crippen molar-refractivity contribution >= 4 is 28.1 Å². The summed E-state index contributed by atoms with van der Waals surface area (Å²) in [5, 5.41) is 5.71. The van der Waals surface area contributed by atoms with Crippen LogP contribution in [0.4, 0.5) is 0 Å². The van der Waals surface area contributed by atoms with E-state index in [2.05, 4.69) is 11.7 Å². The number of benzene rings is 3. The standard InChI is InChI=1S/C28H23N3O5/c1-4-14-35-24-13-12-18(15-25(24)34-3)17-29-31-27(30-21-9-6-5-8-19(21)28(31)32)26-16-20-22(33-2)10-7-11-23(20)36-26/h4-13,15-17H,1,14H2,2-3H3. The van der Waals surface area contributed by atoms with Gasteiger partial charge in [-0.05, 0) is 54.1 Å². The van der Waals surface area contributed by atoms with E-state index < -0.39 is 0 Å². The fourth-order valence-electron chi connectivity index (χ4n) is 3.87. The first-order valence-corrected chi connectivity index (χ1v) is 11.2. The van der Waals surface area contributed by atoms with E-state index in [1.165, 1.54) is 4.68 Å². The number of para-hydroxylation sites is 1. The second kappa shape index (κ2) is 9.79. The molecular weight excluding hydrogens is 458 g/mol. The highest BCUT2D eigenvalue weighted by Crippen LogP contribution is 2.33. The van der Waals surface area contributed by atoms with Crippen molar-refractivity contribution < 1.29 is 18.6 Å². The smallest absolute Gasteiger partial charge is 0.282 e. The van der Waals surface area contributed by atoms with Crippen molar-refractivity contribution in [1.82, 2.24) is 9.66 Å². The molecule has 8 heteroatoms. The number of aromatic nitrogens is 2. The van der Waals surface area contributed by atoms with Crippen LogP contribution < -0.4 is 19.8 Å². The van der Waals surface area contributed by atoms with Crippen LogP contribution in [0.2, 0.25) is 0 Å². The van der Waals surface area contributed by atoms with Gasteiger partial charge in [0, 0.05) is 0 Å². The lowest BCUT2D eigenvalue weighted by atomic mass is 10.2. The van der Waals surface area contributed by atoms with Gasteiger partial charge < -0.3 is 18.6 Å². The van der Waals surface area contributed by atoms with Crippen LogP contribution in [-0.2, 0) is 0 Å². The van der Waals surface area contributed by atoms with E-state index in [1.807, 2.05) is 30.3 Å². The van der Waals surface area contributed by atoms with Gasteiger partial charge in [0.05, 0.1) is 36.7 Å². The summed E-state index contributed by atoms with van der Waals surface area (Å²) in [4.78, 5) is 18.2. The quantitative estimate of drug-likeness (QED) is 0.222. The van der Waals surface area contributed by atoms with Crippen molar-refractivity contribution in [2.75, 3.05) is 20.8 Å². The first-order chi connectivity index (χ1) is 17.6. The molecule has 8 nitrogen and oxygen atoms in total. The third-order valence-electron chi connectivity index (χ3n) is 5.58. The van der Waals surface area contributed by atoms with Crippen LogP contribution in [0.25, 0.3) is 33.5 Å². The SMILES string of the molecule is C=CCOc1ccc(C=Nn2c(-c3cc4c(OC)cccc4o3)nc3ccccc3c2=O)cc1OC. The van der Waals surface area contributed by atoms with Gasteiger partial charge in [0.15, 0.2) is 17.3 Å². The number of ether oxygens (including phenoxy) is 3. The number of hydrogen-bond donors (Lipinski definition) is 0. The molecule has 0 aliphatic heterocycles. The molecule has 36 heavy (non-hydrogen) atoms. The van der Waals surface area contributed by atoms with Crippen molar-refractivity contribution in [2.45, 2.75) is 0 Å². The van der Waals surface area contributed by atoms with E-state index in [-0.39, 0.29) is 11.4 Å². The maximum atomic E-state index is 13.5. The summed E-state index contributed by atoms with van der Waals surface area (Å²) < 4.78 is 23.8. The summed E-state index contributed by atoms with van der Waals surface area (Å²) in [6.07, 6.45) is 3.22. The van der Waals surface area contributed by atoms with Gasteiger partial charge in [-0.25, -0.2) is 4.98 Å². The lowest BCUT2D eigenvalue weighted by Crippen LogP contribution is -2.20. The first kappa shape index (κ1) is 22.9. The zero-order valence-electron chi connectivity index (χ0n) is 19.8. The Morgan fingerprint density at radius 2 is 1.81 bits per heavy atom. The van der Waals surface area contributed by atoms with Crippen LogP contribution in [-0.4, -0.2) is 36.7 Å². The Hall–Kier alpha value is -4.85. The molecule has 5 aromatic rings. The highest BCUT2D eigenvalue weighted by molar-refractivity contribution is 5.88. The van der Waals surface area contributed by atoms with Gasteiger partial charge in [-0.2, -0.15) is 9.78 Å². The van der Waals surface area contributed by atoms with Gasteiger partial charge >= 0.3 is 0 Å². The molecule has 180 valence electrons. The third kappa shape index (κ3) is 4.20. The largest absolute Gasteiger partial charge is 0.496 e.